The number of aliphatic hydroxyl groups excluding tert-OH is 1. The summed E-state index contributed by atoms with van der Waals surface area (Å²) in [4.78, 5) is 14.5. The third-order valence-electron chi connectivity index (χ3n) is 3.72. The molecule has 2 N–H and O–H groups in total. The van der Waals surface area contributed by atoms with Crippen LogP contribution < -0.4 is 10.2 Å². The Balaban J connectivity index is 2.34. The zero-order valence-corrected chi connectivity index (χ0v) is 11.6. The van der Waals surface area contributed by atoms with Crippen molar-refractivity contribution in [3.8, 4) is 0 Å². The standard InChI is InChI=1S/C15H22N2O2/c1-11-5-3-4-6-14(11)17-12(2)7-9-16-13(8-10-18)15(17)19/h3-6,12-13,16,18H,7-10H2,1-2H3. The fraction of sp³-hybridized carbons (Fsp3) is 0.533. The van der Waals surface area contributed by atoms with E-state index in [1.54, 1.807) is 0 Å². The Hall–Kier alpha value is -1.39. The minimum Gasteiger partial charge on any atom is -0.396 e. The number of amides is 1. The van der Waals surface area contributed by atoms with E-state index in [0.29, 0.717) is 6.42 Å². The number of aliphatic hydroxyl groups is 1. The molecule has 1 heterocycles. The van der Waals surface area contributed by atoms with E-state index in [4.69, 9.17) is 5.11 Å². The van der Waals surface area contributed by atoms with E-state index in [2.05, 4.69) is 12.2 Å². The number of aryl methyl sites for hydroxylation is 1. The topological polar surface area (TPSA) is 52.6 Å². The second kappa shape index (κ2) is 6.17. The Bertz CT molecular complexity index is 448. The van der Waals surface area contributed by atoms with Crippen molar-refractivity contribution in [1.82, 2.24) is 5.32 Å². The third-order valence-corrected chi connectivity index (χ3v) is 3.72. The molecule has 1 aliphatic heterocycles. The van der Waals surface area contributed by atoms with Gasteiger partial charge in [0, 0.05) is 18.3 Å². The molecule has 0 bridgehead atoms. The van der Waals surface area contributed by atoms with Crippen LogP contribution in [0.1, 0.15) is 25.3 Å². The van der Waals surface area contributed by atoms with Crippen LogP contribution in [0.5, 0.6) is 0 Å². The number of anilines is 1. The van der Waals surface area contributed by atoms with Crippen molar-refractivity contribution in [2.24, 2.45) is 0 Å². The highest BCUT2D eigenvalue weighted by Crippen LogP contribution is 2.25. The Kier molecular flexibility index (Phi) is 4.56. The van der Waals surface area contributed by atoms with E-state index in [-0.39, 0.29) is 24.6 Å². The van der Waals surface area contributed by atoms with Crippen molar-refractivity contribution < 1.29 is 9.90 Å². The zero-order valence-electron chi connectivity index (χ0n) is 11.6. The van der Waals surface area contributed by atoms with Gasteiger partial charge in [0.05, 0.1) is 6.04 Å². The lowest BCUT2D eigenvalue weighted by atomic mass is 10.1. The molecule has 2 rings (SSSR count). The molecule has 0 aliphatic carbocycles. The van der Waals surface area contributed by atoms with Gasteiger partial charge in [0.15, 0.2) is 0 Å². The fourth-order valence-electron chi connectivity index (χ4n) is 2.61. The highest BCUT2D eigenvalue weighted by Gasteiger charge is 2.31. The van der Waals surface area contributed by atoms with Crippen LogP contribution >= 0.6 is 0 Å². The van der Waals surface area contributed by atoms with Crippen molar-refractivity contribution in [2.45, 2.75) is 38.8 Å². The normalized spacial score (nSPS) is 24.4. The predicted octanol–water partition coefficient (Wildman–Crippen LogP) is 1.46. The fourth-order valence-corrected chi connectivity index (χ4v) is 2.61. The molecule has 0 spiro atoms. The lowest BCUT2D eigenvalue weighted by Gasteiger charge is -2.30. The summed E-state index contributed by atoms with van der Waals surface area (Å²) in [5.41, 5.74) is 2.08. The summed E-state index contributed by atoms with van der Waals surface area (Å²) in [5.74, 6) is 0.0633. The maximum absolute atomic E-state index is 12.7. The summed E-state index contributed by atoms with van der Waals surface area (Å²) < 4.78 is 0. The van der Waals surface area contributed by atoms with Gasteiger partial charge in [-0.2, -0.15) is 0 Å². The number of benzene rings is 1. The number of rotatable bonds is 3. The Morgan fingerprint density at radius 1 is 1.42 bits per heavy atom. The number of nitrogens with zero attached hydrogens (tertiary/aromatic N) is 1. The first-order valence-electron chi connectivity index (χ1n) is 6.88. The van der Waals surface area contributed by atoms with Crippen molar-refractivity contribution >= 4 is 11.6 Å². The molecule has 4 nitrogen and oxygen atoms in total. The first-order chi connectivity index (χ1) is 9.15. The molecule has 0 radical (unpaired) electrons. The van der Waals surface area contributed by atoms with Crippen LogP contribution in [0.4, 0.5) is 5.69 Å². The highest BCUT2D eigenvalue weighted by atomic mass is 16.3. The van der Waals surface area contributed by atoms with Crippen LogP contribution in [0, 0.1) is 6.92 Å². The highest BCUT2D eigenvalue weighted by molar-refractivity contribution is 5.98. The Labute approximate surface area is 114 Å². The predicted molar refractivity (Wildman–Crippen MR) is 76.2 cm³/mol. The van der Waals surface area contributed by atoms with Gasteiger partial charge < -0.3 is 15.3 Å². The summed E-state index contributed by atoms with van der Waals surface area (Å²) in [7, 11) is 0. The number of para-hydroxylation sites is 1. The molecule has 1 saturated heterocycles. The maximum Gasteiger partial charge on any atom is 0.244 e. The molecule has 1 aromatic carbocycles. The molecule has 1 aliphatic rings. The molecular formula is C15H22N2O2. The second-order valence-corrected chi connectivity index (χ2v) is 5.15. The second-order valence-electron chi connectivity index (χ2n) is 5.15. The quantitative estimate of drug-likeness (QED) is 0.867. The molecule has 2 atom stereocenters. The van der Waals surface area contributed by atoms with E-state index < -0.39 is 0 Å². The Morgan fingerprint density at radius 2 is 2.16 bits per heavy atom. The number of hydrogen-bond acceptors (Lipinski definition) is 3. The molecule has 0 aromatic heterocycles. The van der Waals surface area contributed by atoms with Gasteiger partial charge in [0.1, 0.15) is 0 Å². The van der Waals surface area contributed by atoms with E-state index in [1.165, 1.54) is 0 Å². The molecule has 104 valence electrons. The van der Waals surface area contributed by atoms with Gasteiger partial charge >= 0.3 is 0 Å². The number of hydrogen-bond donors (Lipinski definition) is 2. The van der Waals surface area contributed by atoms with Gasteiger partial charge in [-0.25, -0.2) is 0 Å². The van der Waals surface area contributed by atoms with Gasteiger partial charge in [-0.1, -0.05) is 18.2 Å². The molecular weight excluding hydrogens is 240 g/mol. The van der Waals surface area contributed by atoms with Gasteiger partial charge in [-0.05, 0) is 44.9 Å². The molecule has 19 heavy (non-hydrogen) atoms. The van der Waals surface area contributed by atoms with Crippen molar-refractivity contribution in [1.29, 1.82) is 0 Å². The van der Waals surface area contributed by atoms with Crippen molar-refractivity contribution in [3.63, 3.8) is 0 Å². The Morgan fingerprint density at radius 3 is 2.84 bits per heavy atom. The smallest absolute Gasteiger partial charge is 0.244 e. The first kappa shape index (κ1) is 14.0. The molecule has 1 aromatic rings. The summed E-state index contributed by atoms with van der Waals surface area (Å²) in [6, 6.07) is 7.84. The van der Waals surface area contributed by atoms with Crippen LogP contribution in [0.2, 0.25) is 0 Å². The van der Waals surface area contributed by atoms with E-state index >= 15 is 0 Å². The average Bonchev–Trinajstić information content (AvgIpc) is 2.52. The van der Waals surface area contributed by atoms with Gasteiger partial charge in [0.25, 0.3) is 0 Å². The molecule has 4 heteroatoms. The summed E-state index contributed by atoms with van der Waals surface area (Å²) in [6.07, 6.45) is 1.38. The summed E-state index contributed by atoms with van der Waals surface area (Å²) in [5, 5.41) is 12.3. The van der Waals surface area contributed by atoms with Crippen LogP contribution in [0.25, 0.3) is 0 Å². The lowest BCUT2D eigenvalue weighted by Crippen LogP contribution is -2.46. The molecule has 0 saturated carbocycles. The van der Waals surface area contributed by atoms with Gasteiger partial charge in [-0.15, -0.1) is 0 Å². The van der Waals surface area contributed by atoms with Crippen LogP contribution in [-0.2, 0) is 4.79 Å². The monoisotopic (exact) mass is 262 g/mol. The summed E-state index contributed by atoms with van der Waals surface area (Å²) >= 11 is 0. The average molecular weight is 262 g/mol. The molecule has 2 unspecified atom stereocenters. The number of carbonyl (C=O) groups is 1. The van der Waals surface area contributed by atoms with Crippen LogP contribution in [0.15, 0.2) is 24.3 Å². The molecule has 1 fully saturated rings. The van der Waals surface area contributed by atoms with Crippen LogP contribution in [-0.4, -0.2) is 36.2 Å². The maximum atomic E-state index is 12.7. The molecule has 1 amide bonds. The first-order valence-corrected chi connectivity index (χ1v) is 6.88. The zero-order chi connectivity index (χ0) is 13.8. The van der Waals surface area contributed by atoms with Crippen molar-refractivity contribution in [3.05, 3.63) is 29.8 Å². The van der Waals surface area contributed by atoms with Gasteiger partial charge in [0.2, 0.25) is 5.91 Å². The van der Waals surface area contributed by atoms with Gasteiger partial charge in [-0.3, -0.25) is 4.79 Å². The minimum absolute atomic E-state index is 0.0272. The summed E-state index contributed by atoms with van der Waals surface area (Å²) in [6.45, 7) is 4.93. The lowest BCUT2D eigenvalue weighted by molar-refractivity contribution is -0.120. The minimum atomic E-state index is -0.283. The third kappa shape index (κ3) is 2.96. The van der Waals surface area contributed by atoms with E-state index in [0.717, 1.165) is 24.2 Å². The van der Waals surface area contributed by atoms with Crippen molar-refractivity contribution in [2.75, 3.05) is 18.1 Å². The van der Waals surface area contributed by atoms with E-state index in [9.17, 15) is 4.79 Å². The number of carbonyl (C=O) groups excluding carboxylic acids is 1. The number of nitrogens with one attached hydrogen (secondary N) is 1. The van der Waals surface area contributed by atoms with E-state index in [1.807, 2.05) is 36.1 Å². The SMILES string of the molecule is Cc1ccccc1N1C(=O)C(CCO)NCCC1C. The van der Waals surface area contributed by atoms with Crippen LogP contribution in [0.3, 0.4) is 0 Å². The largest absolute Gasteiger partial charge is 0.396 e.